The van der Waals surface area contributed by atoms with Crippen LogP contribution in [0.4, 0.5) is 5.69 Å². The Morgan fingerprint density at radius 1 is 1.21 bits per heavy atom. The maximum absolute atomic E-state index is 11.0. The molecule has 0 atom stereocenters. The topological polar surface area (TPSA) is 94.7 Å². The smallest absolute Gasteiger partial charge is 0.338 e. The Kier molecular flexibility index (Phi) is 3.12. The molecular weight excluding hydrogens is 252 g/mol. The maximum Gasteiger partial charge on any atom is 0.338 e. The molecule has 2 rings (SSSR count). The Balaban J connectivity index is 2.93. The molecule has 0 bridgehead atoms. The van der Waals surface area contributed by atoms with Crippen molar-refractivity contribution in [2.45, 2.75) is 6.92 Å². The number of ether oxygens (including phenoxy) is 2. The van der Waals surface area contributed by atoms with Gasteiger partial charge in [0.25, 0.3) is 5.88 Å². The van der Waals surface area contributed by atoms with Gasteiger partial charge < -0.3 is 14.6 Å². The lowest BCUT2D eigenvalue weighted by molar-refractivity contribution is -0.384. The third-order valence-corrected chi connectivity index (χ3v) is 2.84. The van der Waals surface area contributed by atoms with Crippen LogP contribution >= 0.6 is 0 Å². The molecule has 2 aromatic rings. The van der Waals surface area contributed by atoms with E-state index in [1.165, 1.54) is 20.3 Å². The summed E-state index contributed by atoms with van der Waals surface area (Å²) in [6, 6.07) is 3.06. The summed E-state index contributed by atoms with van der Waals surface area (Å²) in [7, 11) is 2.91. The van der Waals surface area contributed by atoms with Gasteiger partial charge in [-0.05, 0) is 19.1 Å². The molecule has 0 saturated carbocycles. The zero-order valence-electron chi connectivity index (χ0n) is 10.6. The van der Waals surface area contributed by atoms with Crippen molar-refractivity contribution in [3.63, 3.8) is 0 Å². The van der Waals surface area contributed by atoms with Crippen LogP contribution in [0.1, 0.15) is 5.69 Å². The van der Waals surface area contributed by atoms with Gasteiger partial charge in [-0.2, -0.15) is 0 Å². The van der Waals surface area contributed by atoms with E-state index in [0.717, 1.165) is 0 Å². The van der Waals surface area contributed by atoms with Gasteiger partial charge in [0.1, 0.15) is 0 Å². The Labute approximate surface area is 108 Å². The summed E-state index contributed by atoms with van der Waals surface area (Å²) in [5.74, 6) is 0.185. The molecule has 100 valence electrons. The Hall–Kier alpha value is -2.57. The van der Waals surface area contributed by atoms with Gasteiger partial charge in [-0.3, -0.25) is 10.1 Å². The lowest BCUT2D eigenvalue weighted by Gasteiger charge is -2.11. The number of rotatable bonds is 3. The normalized spacial score (nSPS) is 10.5. The molecule has 1 aromatic heterocycles. The highest BCUT2D eigenvalue weighted by molar-refractivity contribution is 5.96. The molecule has 0 saturated heterocycles. The fraction of sp³-hybridized carbons (Fsp3) is 0.250. The monoisotopic (exact) mass is 264 g/mol. The Morgan fingerprint density at radius 2 is 1.74 bits per heavy atom. The molecule has 1 aromatic carbocycles. The van der Waals surface area contributed by atoms with Crippen molar-refractivity contribution in [3.05, 3.63) is 27.9 Å². The number of nitro groups is 1. The first kappa shape index (κ1) is 12.9. The van der Waals surface area contributed by atoms with Crippen LogP contribution in [-0.2, 0) is 0 Å². The molecule has 7 nitrogen and oxygen atoms in total. The zero-order chi connectivity index (χ0) is 14.2. The van der Waals surface area contributed by atoms with Crippen molar-refractivity contribution < 1.29 is 19.5 Å². The van der Waals surface area contributed by atoms with E-state index in [-0.39, 0.29) is 5.39 Å². The van der Waals surface area contributed by atoms with Crippen LogP contribution in [0.2, 0.25) is 0 Å². The van der Waals surface area contributed by atoms with Crippen molar-refractivity contribution in [1.29, 1.82) is 0 Å². The molecular formula is C12H12N2O5. The van der Waals surface area contributed by atoms with E-state index >= 15 is 0 Å². The van der Waals surface area contributed by atoms with Gasteiger partial charge in [0, 0.05) is 11.1 Å². The van der Waals surface area contributed by atoms with Gasteiger partial charge in [-0.1, -0.05) is 0 Å². The van der Waals surface area contributed by atoms with E-state index in [1.807, 2.05) is 0 Å². The predicted octanol–water partition coefficient (Wildman–Crippen LogP) is 2.17. The van der Waals surface area contributed by atoms with Crippen LogP contribution in [0.15, 0.2) is 12.1 Å². The van der Waals surface area contributed by atoms with E-state index in [4.69, 9.17) is 9.47 Å². The van der Waals surface area contributed by atoms with Crippen LogP contribution < -0.4 is 9.47 Å². The van der Waals surface area contributed by atoms with Crippen LogP contribution in [0.5, 0.6) is 17.4 Å². The van der Waals surface area contributed by atoms with E-state index < -0.39 is 16.5 Å². The highest BCUT2D eigenvalue weighted by atomic mass is 16.6. The van der Waals surface area contributed by atoms with Crippen LogP contribution in [0.25, 0.3) is 10.8 Å². The summed E-state index contributed by atoms with van der Waals surface area (Å²) in [6.07, 6.45) is 0. The fourth-order valence-corrected chi connectivity index (χ4v) is 1.95. The summed E-state index contributed by atoms with van der Waals surface area (Å²) < 4.78 is 10.3. The number of pyridine rings is 1. The third-order valence-electron chi connectivity index (χ3n) is 2.84. The molecule has 1 N–H and O–H groups in total. The van der Waals surface area contributed by atoms with Gasteiger partial charge in [-0.25, -0.2) is 4.98 Å². The lowest BCUT2D eigenvalue weighted by atomic mass is 10.1. The number of aromatic nitrogens is 1. The lowest BCUT2D eigenvalue weighted by Crippen LogP contribution is -1.97. The highest BCUT2D eigenvalue weighted by Gasteiger charge is 2.23. The minimum atomic E-state index is -0.671. The van der Waals surface area contributed by atoms with Crippen molar-refractivity contribution in [1.82, 2.24) is 4.98 Å². The Morgan fingerprint density at radius 3 is 2.21 bits per heavy atom. The average molecular weight is 264 g/mol. The molecule has 0 unspecified atom stereocenters. The molecule has 0 aliphatic rings. The number of aromatic hydroxyl groups is 1. The SMILES string of the molecule is COc1cc2c(C)nc(O)c([N+](=O)[O-])c2cc1OC. The molecule has 0 spiro atoms. The summed E-state index contributed by atoms with van der Waals surface area (Å²) in [5, 5.41) is 21.4. The predicted molar refractivity (Wildman–Crippen MR) is 67.9 cm³/mol. The van der Waals surface area contributed by atoms with E-state index in [9.17, 15) is 15.2 Å². The number of nitrogens with zero attached hydrogens (tertiary/aromatic N) is 2. The quantitative estimate of drug-likeness (QED) is 0.674. The largest absolute Gasteiger partial charge is 0.493 e. The standard InChI is InChI=1S/C12H12N2O5/c1-6-7-4-9(18-2)10(19-3)5-8(7)11(14(16)17)12(15)13-6/h4-5H,1-3H3,(H,13,15). The van der Waals surface area contributed by atoms with Crippen LogP contribution in [0.3, 0.4) is 0 Å². The minimum absolute atomic E-state index is 0.257. The van der Waals surface area contributed by atoms with Crippen molar-refractivity contribution in [3.8, 4) is 17.4 Å². The van der Waals surface area contributed by atoms with Gasteiger partial charge in [0.15, 0.2) is 11.5 Å². The minimum Gasteiger partial charge on any atom is -0.493 e. The second-order valence-electron chi connectivity index (χ2n) is 3.88. The molecule has 0 aliphatic carbocycles. The van der Waals surface area contributed by atoms with Crippen molar-refractivity contribution in [2.75, 3.05) is 14.2 Å². The van der Waals surface area contributed by atoms with Crippen molar-refractivity contribution in [2.24, 2.45) is 0 Å². The second-order valence-corrected chi connectivity index (χ2v) is 3.88. The Bertz CT molecular complexity index is 669. The summed E-state index contributed by atoms with van der Waals surface area (Å²) in [4.78, 5) is 14.1. The second kappa shape index (κ2) is 4.60. The molecule has 1 heterocycles. The van der Waals surface area contributed by atoms with Crippen LogP contribution in [-0.4, -0.2) is 29.2 Å². The molecule has 0 radical (unpaired) electrons. The van der Waals surface area contributed by atoms with E-state index in [2.05, 4.69) is 4.98 Å². The van der Waals surface area contributed by atoms with Gasteiger partial charge in [-0.15, -0.1) is 0 Å². The average Bonchev–Trinajstić information content (AvgIpc) is 2.36. The molecule has 0 aliphatic heterocycles. The summed E-state index contributed by atoms with van der Waals surface area (Å²) >= 11 is 0. The van der Waals surface area contributed by atoms with E-state index in [0.29, 0.717) is 22.6 Å². The number of methoxy groups -OCH3 is 2. The van der Waals surface area contributed by atoms with Gasteiger partial charge in [0.05, 0.1) is 24.5 Å². The first-order chi connectivity index (χ1) is 8.99. The summed E-state index contributed by atoms with van der Waals surface area (Å²) in [6.45, 7) is 1.65. The van der Waals surface area contributed by atoms with Crippen molar-refractivity contribution >= 4 is 16.5 Å². The van der Waals surface area contributed by atoms with Gasteiger partial charge in [0.2, 0.25) is 0 Å². The molecule has 0 amide bonds. The third kappa shape index (κ3) is 1.99. The summed E-state index contributed by atoms with van der Waals surface area (Å²) in [5.41, 5.74) is 0.0283. The number of hydrogen-bond donors (Lipinski definition) is 1. The molecule has 19 heavy (non-hydrogen) atoms. The maximum atomic E-state index is 11.0. The fourth-order valence-electron chi connectivity index (χ4n) is 1.95. The number of aryl methyl sites for hydroxylation is 1. The van der Waals surface area contributed by atoms with Gasteiger partial charge >= 0.3 is 5.69 Å². The first-order valence-corrected chi connectivity index (χ1v) is 5.39. The van der Waals surface area contributed by atoms with Crippen LogP contribution in [0, 0.1) is 17.0 Å². The zero-order valence-corrected chi connectivity index (χ0v) is 10.6. The highest BCUT2D eigenvalue weighted by Crippen LogP contribution is 2.40. The number of fused-ring (bicyclic) bond motifs is 1. The number of hydrogen-bond acceptors (Lipinski definition) is 6. The first-order valence-electron chi connectivity index (χ1n) is 5.39. The molecule has 7 heteroatoms. The molecule has 0 fully saturated rings. The number of benzene rings is 1. The van der Waals surface area contributed by atoms with E-state index in [1.54, 1.807) is 13.0 Å².